The van der Waals surface area contributed by atoms with Crippen LogP contribution in [-0.2, 0) is 0 Å². The molecule has 1 heterocycles. The summed E-state index contributed by atoms with van der Waals surface area (Å²) in [5.74, 6) is 0.629. The Morgan fingerprint density at radius 2 is 2.11 bits per heavy atom. The monoisotopic (exact) mass is 250 g/mol. The Kier molecular flexibility index (Phi) is 4.27. The molecule has 0 radical (unpaired) electrons. The first-order valence-corrected chi connectivity index (χ1v) is 6.15. The van der Waals surface area contributed by atoms with Crippen molar-refractivity contribution < 1.29 is 4.79 Å². The van der Waals surface area contributed by atoms with E-state index in [0.29, 0.717) is 17.2 Å². The number of carbonyl (C=O) groups excluding carboxylic acids is 1. The summed E-state index contributed by atoms with van der Waals surface area (Å²) in [6, 6.07) is 0.213. The zero-order chi connectivity index (χ0) is 13.9. The maximum Gasteiger partial charge on any atom is 0.254 e. The number of nitrogens with two attached hydrogens (primary N) is 1. The van der Waals surface area contributed by atoms with E-state index in [-0.39, 0.29) is 11.5 Å². The van der Waals surface area contributed by atoms with Crippen LogP contribution < -0.4 is 11.1 Å². The van der Waals surface area contributed by atoms with Gasteiger partial charge >= 0.3 is 0 Å². The van der Waals surface area contributed by atoms with Crippen molar-refractivity contribution in [2.45, 2.75) is 47.1 Å². The van der Waals surface area contributed by atoms with Crippen molar-refractivity contribution in [3.8, 4) is 0 Å². The average Bonchev–Trinajstić information content (AvgIpc) is 2.23. The summed E-state index contributed by atoms with van der Waals surface area (Å²) in [6.45, 7) is 10.3. The lowest BCUT2D eigenvalue weighted by atomic mass is 9.85. The lowest BCUT2D eigenvalue weighted by Gasteiger charge is -2.31. The minimum atomic E-state index is -0.513. The Bertz CT molecular complexity index is 437. The summed E-state index contributed by atoms with van der Waals surface area (Å²) in [5, 5.41) is 3.31. The first-order valence-electron chi connectivity index (χ1n) is 6.15. The molecule has 0 bridgehead atoms. The molecule has 0 spiro atoms. The van der Waals surface area contributed by atoms with Gasteiger partial charge in [-0.3, -0.25) is 4.79 Å². The van der Waals surface area contributed by atoms with E-state index in [0.717, 1.165) is 6.42 Å². The van der Waals surface area contributed by atoms with E-state index >= 15 is 0 Å². The third kappa shape index (κ3) is 3.42. The molecular weight excluding hydrogens is 228 g/mol. The predicted molar refractivity (Wildman–Crippen MR) is 72.4 cm³/mol. The standard InChI is InChI=1S/C13H22N4O/c1-6-10(13(3,4)5)17-12-9(11(14)18)7-15-8(2)16-12/h7,10H,6H2,1-5H3,(H2,14,18)(H,15,16,17)/t10-/m0/s1. The highest BCUT2D eigenvalue weighted by atomic mass is 16.1. The van der Waals surface area contributed by atoms with Gasteiger partial charge < -0.3 is 11.1 Å². The molecule has 0 aliphatic heterocycles. The maximum absolute atomic E-state index is 11.4. The van der Waals surface area contributed by atoms with E-state index < -0.39 is 5.91 Å². The molecule has 1 rings (SSSR count). The first kappa shape index (κ1) is 14.4. The third-order valence-electron chi connectivity index (χ3n) is 2.94. The molecule has 1 amide bonds. The predicted octanol–water partition coefficient (Wildman–Crippen LogP) is 2.12. The number of carbonyl (C=O) groups is 1. The Balaban J connectivity index is 3.09. The number of nitrogens with zero attached hydrogens (tertiary/aromatic N) is 2. The maximum atomic E-state index is 11.4. The van der Waals surface area contributed by atoms with Gasteiger partial charge in [0, 0.05) is 12.2 Å². The number of rotatable bonds is 4. The number of hydrogen-bond donors (Lipinski definition) is 2. The van der Waals surface area contributed by atoms with E-state index in [1.807, 2.05) is 0 Å². The molecule has 0 unspecified atom stereocenters. The van der Waals surface area contributed by atoms with Gasteiger partial charge in [-0.2, -0.15) is 0 Å². The highest BCUT2D eigenvalue weighted by molar-refractivity contribution is 5.97. The minimum Gasteiger partial charge on any atom is -0.366 e. The lowest BCUT2D eigenvalue weighted by Crippen LogP contribution is -2.34. The highest BCUT2D eigenvalue weighted by Gasteiger charge is 2.24. The molecular formula is C13H22N4O. The van der Waals surface area contributed by atoms with Gasteiger partial charge in [0.2, 0.25) is 0 Å². The second-order valence-electron chi connectivity index (χ2n) is 5.51. The zero-order valence-electron chi connectivity index (χ0n) is 11.7. The Hall–Kier alpha value is -1.65. The fourth-order valence-electron chi connectivity index (χ4n) is 1.86. The van der Waals surface area contributed by atoms with Crippen molar-refractivity contribution in [3.63, 3.8) is 0 Å². The fourth-order valence-corrected chi connectivity index (χ4v) is 1.86. The molecule has 0 saturated carbocycles. The zero-order valence-corrected chi connectivity index (χ0v) is 11.7. The molecule has 1 aromatic heterocycles. The van der Waals surface area contributed by atoms with Crippen molar-refractivity contribution in [3.05, 3.63) is 17.6 Å². The molecule has 3 N–H and O–H groups in total. The molecule has 18 heavy (non-hydrogen) atoms. The Morgan fingerprint density at radius 1 is 1.50 bits per heavy atom. The number of anilines is 1. The van der Waals surface area contributed by atoms with E-state index in [9.17, 15) is 4.79 Å². The Labute approximate surface area is 108 Å². The van der Waals surface area contributed by atoms with Crippen LogP contribution in [0.4, 0.5) is 5.82 Å². The number of primary amides is 1. The summed E-state index contributed by atoms with van der Waals surface area (Å²) < 4.78 is 0. The van der Waals surface area contributed by atoms with Crippen LogP contribution in [0.1, 0.15) is 50.3 Å². The van der Waals surface area contributed by atoms with Gasteiger partial charge in [0.15, 0.2) is 0 Å². The van der Waals surface area contributed by atoms with Gasteiger partial charge in [0.05, 0.1) is 5.56 Å². The van der Waals surface area contributed by atoms with Crippen molar-refractivity contribution in [1.82, 2.24) is 9.97 Å². The highest BCUT2D eigenvalue weighted by Crippen LogP contribution is 2.25. The number of hydrogen-bond acceptors (Lipinski definition) is 4. The quantitative estimate of drug-likeness (QED) is 0.857. The van der Waals surface area contributed by atoms with Crippen LogP contribution in [0.15, 0.2) is 6.20 Å². The third-order valence-corrected chi connectivity index (χ3v) is 2.94. The number of aromatic nitrogens is 2. The number of amides is 1. The van der Waals surface area contributed by atoms with Crippen LogP contribution in [-0.4, -0.2) is 21.9 Å². The van der Waals surface area contributed by atoms with Crippen LogP contribution in [0.3, 0.4) is 0 Å². The smallest absolute Gasteiger partial charge is 0.254 e. The van der Waals surface area contributed by atoms with Gasteiger partial charge in [-0.1, -0.05) is 27.7 Å². The summed E-state index contributed by atoms with van der Waals surface area (Å²) in [5.41, 5.74) is 5.74. The van der Waals surface area contributed by atoms with Crippen molar-refractivity contribution >= 4 is 11.7 Å². The van der Waals surface area contributed by atoms with E-state index in [4.69, 9.17) is 5.73 Å². The Morgan fingerprint density at radius 3 is 2.56 bits per heavy atom. The van der Waals surface area contributed by atoms with Crippen molar-refractivity contribution in [2.24, 2.45) is 11.1 Å². The van der Waals surface area contributed by atoms with Gasteiger partial charge in [0.1, 0.15) is 11.6 Å². The summed E-state index contributed by atoms with van der Waals surface area (Å²) in [7, 11) is 0. The van der Waals surface area contributed by atoms with Crippen molar-refractivity contribution in [1.29, 1.82) is 0 Å². The van der Waals surface area contributed by atoms with Gasteiger partial charge in [0.25, 0.3) is 5.91 Å². The molecule has 1 atom stereocenters. The molecule has 1 aromatic rings. The molecule has 0 fully saturated rings. The van der Waals surface area contributed by atoms with Crippen LogP contribution in [0.5, 0.6) is 0 Å². The van der Waals surface area contributed by atoms with Crippen LogP contribution >= 0.6 is 0 Å². The fraction of sp³-hybridized carbons (Fsp3) is 0.615. The number of nitrogens with one attached hydrogen (secondary N) is 1. The SMILES string of the molecule is CC[C@H](Nc1nc(C)ncc1C(N)=O)C(C)(C)C. The molecule has 0 aliphatic rings. The van der Waals surface area contributed by atoms with Crippen LogP contribution in [0.25, 0.3) is 0 Å². The summed E-state index contributed by atoms with van der Waals surface area (Å²) in [6.07, 6.45) is 2.41. The minimum absolute atomic E-state index is 0.0719. The van der Waals surface area contributed by atoms with E-state index in [1.54, 1.807) is 6.92 Å². The summed E-state index contributed by atoms with van der Waals surface area (Å²) in [4.78, 5) is 19.6. The molecule has 5 heteroatoms. The second-order valence-corrected chi connectivity index (χ2v) is 5.51. The molecule has 100 valence electrons. The van der Waals surface area contributed by atoms with Crippen molar-refractivity contribution in [2.75, 3.05) is 5.32 Å². The molecule has 0 aliphatic carbocycles. The topological polar surface area (TPSA) is 80.9 Å². The van der Waals surface area contributed by atoms with Gasteiger partial charge in [-0.15, -0.1) is 0 Å². The molecule has 5 nitrogen and oxygen atoms in total. The van der Waals surface area contributed by atoms with Gasteiger partial charge in [-0.25, -0.2) is 9.97 Å². The van der Waals surface area contributed by atoms with Gasteiger partial charge in [-0.05, 0) is 18.8 Å². The van der Waals surface area contributed by atoms with Crippen LogP contribution in [0, 0.1) is 12.3 Å². The molecule has 0 aromatic carbocycles. The lowest BCUT2D eigenvalue weighted by molar-refractivity contribution is 0.1000. The summed E-state index contributed by atoms with van der Waals surface area (Å²) >= 11 is 0. The largest absolute Gasteiger partial charge is 0.366 e. The second kappa shape index (κ2) is 5.33. The first-order chi connectivity index (χ1) is 8.25. The van der Waals surface area contributed by atoms with E-state index in [2.05, 4.69) is 43.0 Å². The van der Waals surface area contributed by atoms with Crippen LogP contribution in [0.2, 0.25) is 0 Å². The molecule has 0 saturated heterocycles. The number of aryl methyl sites for hydroxylation is 1. The van der Waals surface area contributed by atoms with E-state index in [1.165, 1.54) is 6.20 Å². The normalized spacial score (nSPS) is 13.2. The average molecular weight is 250 g/mol.